The molecule has 1 aromatic rings. The number of carbonyl (C=O) groups excluding carboxylic acids is 4. The Balaban J connectivity index is 2.60. The molecule has 0 aliphatic heterocycles. The highest BCUT2D eigenvalue weighted by Crippen LogP contribution is 2.30. The van der Waals surface area contributed by atoms with Gasteiger partial charge in [-0.15, -0.1) is 0 Å². The number of rotatable bonds is 13. The zero-order valence-electron chi connectivity index (χ0n) is 25.7. The molecule has 4 amide bonds. The summed E-state index contributed by atoms with van der Waals surface area (Å²) in [5.41, 5.74) is 6.14. The molecule has 0 bridgehead atoms. The van der Waals surface area contributed by atoms with E-state index in [0.29, 0.717) is 17.9 Å². The summed E-state index contributed by atoms with van der Waals surface area (Å²) in [6.45, 7) is 15.1. The first-order valence-corrected chi connectivity index (χ1v) is 14.8. The van der Waals surface area contributed by atoms with Crippen LogP contribution in [0.15, 0.2) is 30.8 Å². The van der Waals surface area contributed by atoms with Gasteiger partial charge in [0, 0.05) is 12.1 Å². The smallest absolute Gasteiger partial charge is 0.408 e. The zero-order valence-corrected chi connectivity index (χ0v) is 25.7. The van der Waals surface area contributed by atoms with Gasteiger partial charge in [0.05, 0.1) is 6.42 Å². The van der Waals surface area contributed by atoms with E-state index in [1.54, 1.807) is 26.8 Å². The Morgan fingerprint density at radius 1 is 1.10 bits per heavy atom. The van der Waals surface area contributed by atoms with E-state index in [-0.39, 0.29) is 11.9 Å². The second-order valence-electron chi connectivity index (χ2n) is 12.6. The Labute approximate surface area is 245 Å². The molecule has 0 spiro atoms. The first-order chi connectivity index (χ1) is 19.2. The van der Waals surface area contributed by atoms with Crippen molar-refractivity contribution in [1.29, 1.82) is 0 Å². The minimum absolute atomic E-state index is 0.0190. The lowest BCUT2D eigenvalue weighted by atomic mass is 9.93. The molecule has 0 heterocycles. The maximum absolute atomic E-state index is 14.4. The third-order valence-corrected chi connectivity index (χ3v) is 7.23. The molecule has 1 aromatic carbocycles. The summed E-state index contributed by atoms with van der Waals surface area (Å²) in [5, 5.41) is 5.75. The van der Waals surface area contributed by atoms with E-state index in [2.05, 4.69) is 31.1 Å². The maximum Gasteiger partial charge on any atom is 0.408 e. The first kappa shape index (κ1) is 33.8. The lowest BCUT2D eigenvalue weighted by Crippen LogP contribution is -2.57. The van der Waals surface area contributed by atoms with Crippen molar-refractivity contribution in [1.82, 2.24) is 15.5 Å². The SMILES string of the molecule is C=Cc1cccc(C(C(=O)NC2CCCCC2)N(C(=O)C(CC(N)=O)NC(=O)OC(C)(C)C)C(C)CCC(C)C)c1. The average Bonchev–Trinajstić information content (AvgIpc) is 2.88. The van der Waals surface area contributed by atoms with Gasteiger partial charge in [0.25, 0.3) is 0 Å². The second-order valence-corrected chi connectivity index (χ2v) is 12.6. The number of amides is 4. The van der Waals surface area contributed by atoms with Crippen molar-refractivity contribution in [3.8, 4) is 0 Å². The highest BCUT2D eigenvalue weighted by Gasteiger charge is 2.40. The Bertz CT molecular complexity index is 1060. The van der Waals surface area contributed by atoms with Crippen molar-refractivity contribution in [2.24, 2.45) is 11.7 Å². The van der Waals surface area contributed by atoms with Crippen LogP contribution in [0, 0.1) is 5.92 Å². The fraction of sp³-hybridized carbons (Fsp3) is 0.625. The van der Waals surface area contributed by atoms with Crippen LogP contribution in [-0.2, 0) is 19.1 Å². The van der Waals surface area contributed by atoms with Crippen molar-refractivity contribution in [3.05, 3.63) is 42.0 Å². The van der Waals surface area contributed by atoms with Gasteiger partial charge < -0.3 is 26.0 Å². The van der Waals surface area contributed by atoms with E-state index in [0.717, 1.165) is 44.1 Å². The van der Waals surface area contributed by atoms with Crippen LogP contribution in [0.2, 0.25) is 0 Å². The second kappa shape index (κ2) is 15.6. The Kier molecular flexibility index (Phi) is 12.9. The van der Waals surface area contributed by atoms with Crippen LogP contribution >= 0.6 is 0 Å². The van der Waals surface area contributed by atoms with E-state index in [1.165, 1.54) is 4.90 Å². The van der Waals surface area contributed by atoms with E-state index in [4.69, 9.17) is 10.5 Å². The number of primary amides is 1. The topological polar surface area (TPSA) is 131 Å². The normalized spacial score (nSPS) is 16.3. The van der Waals surface area contributed by atoms with E-state index in [9.17, 15) is 19.2 Å². The molecule has 3 unspecified atom stereocenters. The van der Waals surface area contributed by atoms with Crippen LogP contribution in [0.3, 0.4) is 0 Å². The number of nitrogens with two attached hydrogens (primary N) is 1. The van der Waals surface area contributed by atoms with Crippen molar-refractivity contribution >= 4 is 29.9 Å². The van der Waals surface area contributed by atoms with Crippen LogP contribution < -0.4 is 16.4 Å². The molecule has 0 radical (unpaired) electrons. The van der Waals surface area contributed by atoms with Crippen LogP contribution in [0.4, 0.5) is 4.79 Å². The minimum atomic E-state index is -1.31. The highest BCUT2D eigenvalue weighted by molar-refractivity contribution is 5.94. The van der Waals surface area contributed by atoms with Crippen LogP contribution in [-0.4, -0.2) is 52.4 Å². The van der Waals surface area contributed by atoms with Crippen LogP contribution in [0.5, 0.6) is 0 Å². The van der Waals surface area contributed by atoms with Gasteiger partial charge in [0.2, 0.25) is 17.7 Å². The number of hydrogen-bond donors (Lipinski definition) is 3. The fourth-order valence-corrected chi connectivity index (χ4v) is 5.16. The molecule has 9 nitrogen and oxygen atoms in total. The van der Waals surface area contributed by atoms with Crippen molar-refractivity contribution < 1.29 is 23.9 Å². The Morgan fingerprint density at radius 2 is 1.76 bits per heavy atom. The molecule has 1 aliphatic rings. The third kappa shape index (κ3) is 11.2. The van der Waals surface area contributed by atoms with Gasteiger partial charge in [-0.25, -0.2) is 4.79 Å². The monoisotopic (exact) mass is 570 g/mol. The van der Waals surface area contributed by atoms with E-state index in [1.807, 2.05) is 31.2 Å². The highest BCUT2D eigenvalue weighted by atomic mass is 16.6. The molecule has 3 atom stereocenters. The summed E-state index contributed by atoms with van der Waals surface area (Å²) in [6, 6.07) is 4.69. The molecule has 2 rings (SSSR count). The molecule has 9 heteroatoms. The molecule has 0 saturated heterocycles. The molecular weight excluding hydrogens is 520 g/mol. The molecule has 1 fully saturated rings. The van der Waals surface area contributed by atoms with Gasteiger partial charge in [0.1, 0.15) is 17.7 Å². The van der Waals surface area contributed by atoms with Gasteiger partial charge in [-0.05, 0) is 76.5 Å². The summed E-state index contributed by atoms with van der Waals surface area (Å²) in [5.74, 6) is -1.25. The van der Waals surface area contributed by atoms with Crippen LogP contribution in [0.1, 0.15) is 110 Å². The number of hydrogen-bond acceptors (Lipinski definition) is 5. The molecule has 1 aliphatic carbocycles. The average molecular weight is 571 g/mol. The fourth-order valence-electron chi connectivity index (χ4n) is 5.16. The van der Waals surface area contributed by atoms with Gasteiger partial charge in [0.15, 0.2) is 0 Å². The van der Waals surface area contributed by atoms with Crippen molar-refractivity contribution in [2.75, 3.05) is 0 Å². The van der Waals surface area contributed by atoms with Gasteiger partial charge in [-0.1, -0.05) is 64.0 Å². The summed E-state index contributed by atoms with van der Waals surface area (Å²) < 4.78 is 5.38. The number of benzene rings is 1. The van der Waals surface area contributed by atoms with Crippen molar-refractivity contribution in [3.63, 3.8) is 0 Å². The summed E-state index contributed by atoms with van der Waals surface area (Å²) in [6.07, 6.45) is 6.82. The molecule has 228 valence electrons. The summed E-state index contributed by atoms with van der Waals surface area (Å²) >= 11 is 0. The predicted molar refractivity (Wildman–Crippen MR) is 162 cm³/mol. The third-order valence-electron chi connectivity index (χ3n) is 7.23. The molecular formula is C32H50N4O5. The van der Waals surface area contributed by atoms with Gasteiger partial charge in [-0.2, -0.15) is 0 Å². The first-order valence-electron chi connectivity index (χ1n) is 14.8. The minimum Gasteiger partial charge on any atom is -0.444 e. The maximum atomic E-state index is 14.4. The number of ether oxygens (including phenoxy) is 1. The quantitative estimate of drug-likeness (QED) is 0.298. The zero-order chi connectivity index (χ0) is 30.7. The number of nitrogens with one attached hydrogen (secondary N) is 2. The van der Waals surface area contributed by atoms with E-state index < -0.39 is 48.1 Å². The number of carbonyl (C=O) groups is 4. The number of nitrogens with zero attached hydrogens (tertiary/aromatic N) is 1. The Morgan fingerprint density at radius 3 is 2.32 bits per heavy atom. The number of alkyl carbamates (subject to hydrolysis) is 1. The predicted octanol–water partition coefficient (Wildman–Crippen LogP) is 5.24. The lowest BCUT2D eigenvalue weighted by molar-refractivity contribution is -0.146. The van der Waals surface area contributed by atoms with E-state index >= 15 is 0 Å². The molecule has 0 aromatic heterocycles. The molecule has 4 N–H and O–H groups in total. The standard InChI is InChI=1S/C32H50N4O5/c1-8-23-13-12-14-24(19-23)28(29(38)34-25-15-10-9-11-16-25)36(22(4)18-17-21(2)3)30(39)26(20-27(33)37)35-31(40)41-32(5,6)7/h8,12-14,19,21-22,25-26,28H,1,9-11,15-18,20H2,2-7H3,(H2,33,37)(H,34,38)(H,35,40). The molecule has 41 heavy (non-hydrogen) atoms. The summed E-state index contributed by atoms with van der Waals surface area (Å²) in [4.78, 5) is 54.8. The van der Waals surface area contributed by atoms with Gasteiger partial charge in [-0.3, -0.25) is 14.4 Å². The lowest BCUT2D eigenvalue weighted by Gasteiger charge is -2.39. The van der Waals surface area contributed by atoms with Gasteiger partial charge >= 0.3 is 6.09 Å². The Hall–Kier alpha value is -3.36. The van der Waals surface area contributed by atoms with Crippen molar-refractivity contribution in [2.45, 2.75) is 123 Å². The summed E-state index contributed by atoms with van der Waals surface area (Å²) in [7, 11) is 0. The molecule has 1 saturated carbocycles. The largest absolute Gasteiger partial charge is 0.444 e. The van der Waals surface area contributed by atoms with Crippen LogP contribution in [0.25, 0.3) is 6.08 Å².